The Morgan fingerprint density at radius 1 is 1.33 bits per heavy atom. The summed E-state index contributed by atoms with van der Waals surface area (Å²) in [6.45, 7) is 3.59. The van der Waals surface area contributed by atoms with Gasteiger partial charge in [0, 0.05) is 4.88 Å². The Morgan fingerprint density at radius 3 is 2.85 bits per heavy atom. The highest BCUT2D eigenvalue weighted by molar-refractivity contribution is 8.00. The van der Waals surface area contributed by atoms with Crippen LogP contribution in [0.3, 0.4) is 0 Å². The number of aryl methyl sites for hydroxylation is 3. The number of hydrogen-bond donors (Lipinski definition) is 1. The largest absolute Gasteiger partial charge is 0.480 e. The molecule has 0 radical (unpaired) electrons. The number of aliphatic carboxylic acids is 1. The molecule has 0 spiro atoms. The second-order valence-corrected chi connectivity index (χ2v) is 9.25. The second-order valence-electron chi connectivity index (χ2n) is 6.86. The minimum Gasteiger partial charge on any atom is -0.480 e. The Bertz CT molecular complexity index is 1100. The summed E-state index contributed by atoms with van der Waals surface area (Å²) in [4.78, 5) is 31.6. The number of nitrogens with zero attached hydrogens (tertiary/aromatic N) is 2. The van der Waals surface area contributed by atoms with E-state index in [0.717, 1.165) is 59.1 Å². The van der Waals surface area contributed by atoms with Crippen LogP contribution >= 0.6 is 23.1 Å². The van der Waals surface area contributed by atoms with Gasteiger partial charge in [-0.1, -0.05) is 23.9 Å². The van der Waals surface area contributed by atoms with Gasteiger partial charge in [0.15, 0.2) is 5.16 Å². The van der Waals surface area contributed by atoms with Crippen molar-refractivity contribution in [2.24, 2.45) is 0 Å². The Morgan fingerprint density at radius 2 is 2.11 bits per heavy atom. The van der Waals surface area contributed by atoms with Crippen LogP contribution in [-0.4, -0.2) is 25.9 Å². The first kappa shape index (κ1) is 18.3. The van der Waals surface area contributed by atoms with Crippen LogP contribution in [0.25, 0.3) is 15.9 Å². The summed E-state index contributed by atoms with van der Waals surface area (Å²) in [6.07, 6.45) is 4.14. The van der Waals surface area contributed by atoms with Gasteiger partial charge in [-0.3, -0.25) is 14.2 Å². The molecule has 0 aliphatic heterocycles. The van der Waals surface area contributed by atoms with Crippen LogP contribution in [0.5, 0.6) is 0 Å². The molecule has 4 rings (SSSR count). The van der Waals surface area contributed by atoms with E-state index in [2.05, 4.69) is 0 Å². The predicted octanol–water partition coefficient (Wildman–Crippen LogP) is 4.20. The summed E-state index contributed by atoms with van der Waals surface area (Å²) in [5.74, 6) is -0.921. The summed E-state index contributed by atoms with van der Waals surface area (Å²) in [6, 6.07) is 7.68. The molecule has 1 aromatic carbocycles. The first-order chi connectivity index (χ1) is 13.0. The van der Waals surface area contributed by atoms with Crippen molar-refractivity contribution in [2.75, 3.05) is 0 Å². The number of carboxylic acids is 1. The van der Waals surface area contributed by atoms with Crippen molar-refractivity contribution in [3.05, 3.63) is 50.6 Å². The number of rotatable bonds is 4. The zero-order valence-electron chi connectivity index (χ0n) is 15.2. The van der Waals surface area contributed by atoms with E-state index in [1.54, 1.807) is 22.8 Å². The third-order valence-electron chi connectivity index (χ3n) is 4.85. The number of carboxylic acid groups (broad SMARTS) is 1. The third kappa shape index (κ3) is 3.30. The molecule has 1 aliphatic rings. The molecule has 2 aromatic heterocycles. The van der Waals surface area contributed by atoms with Gasteiger partial charge < -0.3 is 5.11 Å². The molecule has 0 amide bonds. The van der Waals surface area contributed by atoms with Crippen LogP contribution < -0.4 is 5.56 Å². The SMILES string of the molecule is Cc1cccc(-n2c(S[C@@H](C)C(=O)O)nc3sc4c(c3c2=O)CCCC4)c1. The van der Waals surface area contributed by atoms with E-state index in [0.29, 0.717) is 10.5 Å². The van der Waals surface area contributed by atoms with E-state index in [1.165, 1.54) is 4.88 Å². The molecule has 0 unspecified atom stereocenters. The fraction of sp³-hybridized carbons (Fsp3) is 0.350. The van der Waals surface area contributed by atoms with Crippen molar-refractivity contribution in [2.45, 2.75) is 49.9 Å². The van der Waals surface area contributed by atoms with Gasteiger partial charge in [-0.15, -0.1) is 11.3 Å². The molecule has 0 fully saturated rings. The highest BCUT2D eigenvalue weighted by atomic mass is 32.2. The van der Waals surface area contributed by atoms with E-state index in [4.69, 9.17) is 4.98 Å². The summed E-state index contributed by atoms with van der Waals surface area (Å²) < 4.78 is 1.58. The van der Waals surface area contributed by atoms with E-state index < -0.39 is 11.2 Å². The lowest BCUT2D eigenvalue weighted by atomic mass is 9.97. The first-order valence-electron chi connectivity index (χ1n) is 8.99. The number of aromatic nitrogens is 2. The molecule has 27 heavy (non-hydrogen) atoms. The number of hydrogen-bond acceptors (Lipinski definition) is 5. The van der Waals surface area contributed by atoms with Crippen molar-refractivity contribution in [1.82, 2.24) is 9.55 Å². The fourth-order valence-corrected chi connectivity index (χ4v) is 5.63. The van der Waals surface area contributed by atoms with Crippen LogP contribution in [0.15, 0.2) is 34.2 Å². The number of benzene rings is 1. The topological polar surface area (TPSA) is 72.2 Å². The Labute approximate surface area is 165 Å². The molecule has 0 saturated carbocycles. The van der Waals surface area contributed by atoms with Crippen molar-refractivity contribution < 1.29 is 9.90 Å². The zero-order chi connectivity index (χ0) is 19.1. The third-order valence-corrected chi connectivity index (χ3v) is 7.07. The standard InChI is InChI=1S/C20H20N2O3S2/c1-11-6-5-7-13(10-11)22-18(23)16-14-8-3-4-9-15(14)27-17(16)21-20(22)26-12(2)19(24)25/h5-7,10,12H,3-4,8-9H2,1-2H3,(H,24,25)/t12-/m0/s1. The molecule has 5 nitrogen and oxygen atoms in total. The molecule has 7 heteroatoms. The Kier molecular flexibility index (Phi) is 4.82. The van der Waals surface area contributed by atoms with Crippen molar-refractivity contribution in [3.8, 4) is 5.69 Å². The molecule has 1 N–H and O–H groups in total. The quantitative estimate of drug-likeness (QED) is 0.525. The minimum atomic E-state index is -0.921. The molecule has 0 saturated heterocycles. The highest BCUT2D eigenvalue weighted by Crippen LogP contribution is 2.35. The number of thioether (sulfide) groups is 1. The number of carbonyl (C=O) groups is 1. The molecular weight excluding hydrogens is 380 g/mol. The molecule has 1 aliphatic carbocycles. The molecular formula is C20H20N2O3S2. The Balaban J connectivity index is 2.00. The van der Waals surface area contributed by atoms with Crippen LogP contribution in [-0.2, 0) is 17.6 Å². The highest BCUT2D eigenvalue weighted by Gasteiger charge is 2.24. The number of fused-ring (bicyclic) bond motifs is 3. The summed E-state index contributed by atoms with van der Waals surface area (Å²) >= 11 is 2.70. The molecule has 1 atom stereocenters. The maximum absolute atomic E-state index is 13.5. The van der Waals surface area contributed by atoms with Gasteiger partial charge in [0.1, 0.15) is 10.1 Å². The summed E-state index contributed by atoms with van der Waals surface area (Å²) in [5, 5.41) is 9.78. The average molecular weight is 401 g/mol. The zero-order valence-corrected chi connectivity index (χ0v) is 16.8. The summed E-state index contributed by atoms with van der Waals surface area (Å²) in [7, 11) is 0. The van der Waals surface area contributed by atoms with Crippen molar-refractivity contribution in [3.63, 3.8) is 0 Å². The normalized spacial score (nSPS) is 14.9. The maximum Gasteiger partial charge on any atom is 0.316 e. The minimum absolute atomic E-state index is 0.0925. The fourth-order valence-electron chi connectivity index (χ4n) is 3.47. The lowest BCUT2D eigenvalue weighted by Gasteiger charge is -2.15. The maximum atomic E-state index is 13.5. The molecule has 0 bridgehead atoms. The second kappa shape index (κ2) is 7.13. The van der Waals surface area contributed by atoms with Gasteiger partial charge in [0.2, 0.25) is 0 Å². The predicted molar refractivity (Wildman–Crippen MR) is 110 cm³/mol. The van der Waals surface area contributed by atoms with E-state index in [9.17, 15) is 14.7 Å². The smallest absolute Gasteiger partial charge is 0.316 e. The van der Waals surface area contributed by atoms with Crippen LogP contribution in [0, 0.1) is 6.92 Å². The molecule has 140 valence electrons. The van der Waals surface area contributed by atoms with Crippen LogP contribution in [0.2, 0.25) is 0 Å². The lowest BCUT2D eigenvalue weighted by Crippen LogP contribution is -2.24. The van der Waals surface area contributed by atoms with Crippen LogP contribution in [0.1, 0.15) is 35.8 Å². The van der Waals surface area contributed by atoms with Gasteiger partial charge in [0.05, 0.1) is 11.1 Å². The van der Waals surface area contributed by atoms with Gasteiger partial charge in [-0.05, 0) is 62.8 Å². The first-order valence-corrected chi connectivity index (χ1v) is 10.7. The van der Waals surface area contributed by atoms with E-state index in [-0.39, 0.29) is 5.56 Å². The average Bonchev–Trinajstić information content (AvgIpc) is 3.00. The lowest BCUT2D eigenvalue weighted by molar-refractivity contribution is -0.136. The van der Waals surface area contributed by atoms with Gasteiger partial charge >= 0.3 is 5.97 Å². The Hall–Kier alpha value is -2.12. The monoisotopic (exact) mass is 400 g/mol. The van der Waals surface area contributed by atoms with Crippen molar-refractivity contribution >= 4 is 39.3 Å². The van der Waals surface area contributed by atoms with Crippen LogP contribution in [0.4, 0.5) is 0 Å². The summed E-state index contributed by atoms with van der Waals surface area (Å²) in [5.41, 5.74) is 2.81. The molecule has 2 heterocycles. The van der Waals surface area contributed by atoms with E-state index >= 15 is 0 Å². The van der Waals surface area contributed by atoms with Gasteiger partial charge in [0.25, 0.3) is 5.56 Å². The van der Waals surface area contributed by atoms with E-state index in [1.807, 2.05) is 31.2 Å². The molecule has 3 aromatic rings. The number of thiophene rings is 1. The van der Waals surface area contributed by atoms with Gasteiger partial charge in [-0.2, -0.15) is 0 Å². The van der Waals surface area contributed by atoms with Gasteiger partial charge in [-0.25, -0.2) is 4.98 Å². The van der Waals surface area contributed by atoms with Crippen molar-refractivity contribution in [1.29, 1.82) is 0 Å².